The van der Waals surface area contributed by atoms with Gasteiger partial charge in [0.2, 0.25) is 0 Å². The van der Waals surface area contributed by atoms with Crippen LogP contribution in [0.3, 0.4) is 0 Å². The Morgan fingerprint density at radius 1 is 1.06 bits per heavy atom. The number of ether oxygens (including phenoxy) is 1. The molecule has 4 nitrogen and oxygen atoms in total. The summed E-state index contributed by atoms with van der Waals surface area (Å²) in [5.41, 5.74) is 6.32. The molecule has 3 fully saturated rings. The smallest absolute Gasteiger partial charge is 0.407 e. The number of amides is 1. The molecule has 0 radical (unpaired) electrons. The van der Waals surface area contributed by atoms with Crippen LogP contribution in [0.25, 0.3) is 11.1 Å². The predicted molar refractivity (Wildman–Crippen MR) is 124 cm³/mol. The van der Waals surface area contributed by atoms with Gasteiger partial charge in [-0.05, 0) is 79.3 Å². The number of carbonyl (C=O) groups excluding carboxylic acids is 1. The number of rotatable bonds is 3. The highest BCUT2D eigenvalue weighted by Crippen LogP contribution is 2.44. The van der Waals surface area contributed by atoms with Crippen LogP contribution in [0.2, 0.25) is 0 Å². The maximum atomic E-state index is 12.9. The largest absolute Gasteiger partial charge is 0.445 e. The lowest BCUT2D eigenvalue weighted by Gasteiger charge is -2.44. The molecule has 0 spiro atoms. The van der Waals surface area contributed by atoms with Crippen LogP contribution in [-0.2, 0) is 11.2 Å². The number of piperidine rings is 3. The molecule has 0 saturated carbocycles. The van der Waals surface area contributed by atoms with Gasteiger partial charge >= 0.3 is 6.09 Å². The van der Waals surface area contributed by atoms with Gasteiger partial charge < -0.3 is 10.1 Å². The Morgan fingerprint density at radius 3 is 2.45 bits per heavy atom. The maximum absolute atomic E-state index is 12.9. The van der Waals surface area contributed by atoms with Gasteiger partial charge in [0.05, 0.1) is 6.04 Å². The Morgan fingerprint density at radius 2 is 1.77 bits per heavy atom. The van der Waals surface area contributed by atoms with E-state index in [2.05, 4.69) is 73.5 Å². The van der Waals surface area contributed by atoms with E-state index >= 15 is 0 Å². The Hall–Kier alpha value is -2.33. The monoisotopic (exact) mass is 418 g/mol. The summed E-state index contributed by atoms with van der Waals surface area (Å²) in [6.45, 7) is 9.82. The topological polar surface area (TPSA) is 41.6 Å². The summed E-state index contributed by atoms with van der Waals surface area (Å²) < 4.78 is 5.95. The van der Waals surface area contributed by atoms with E-state index in [1.54, 1.807) is 0 Å². The molecule has 6 rings (SSSR count). The van der Waals surface area contributed by atoms with Crippen molar-refractivity contribution in [3.8, 4) is 11.1 Å². The Balaban J connectivity index is 1.35. The van der Waals surface area contributed by atoms with Crippen molar-refractivity contribution < 1.29 is 9.53 Å². The Bertz CT molecular complexity index is 958. The normalized spacial score (nSPS) is 28.6. The third-order valence-corrected chi connectivity index (χ3v) is 7.78. The second-order valence-electron chi connectivity index (χ2n) is 10.4. The summed E-state index contributed by atoms with van der Waals surface area (Å²) >= 11 is 0. The number of hydrogen-bond acceptors (Lipinski definition) is 3. The van der Waals surface area contributed by atoms with Crippen LogP contribution < -0.4 is 5.32 Å². The molecule has 3 heterocycles. The van der Waals surface area contributed by atoms with Crippen molar-refractivity contribution in [3.05, 3.63) is 59.2 Å². The number of fused-ring (bicyclic) bond motifs is 4. The van der Waals surface area contributed by atoms with Crippen LogP contribution in [0.4, 0.5) is 4.79 Å². The molecule has 164 valence electrons. The van der Waals surface area contributed by atoms with E-state index < -0.39 is 0 Å². The highest BCUT2D eigenvalue weighted by molar-refractivity contribution is 5.70. The molecule has 1 unspecified atom stereocenters. The lowest BCUT2D eigenvalue weighted by molar-refractivity contribution is -0.0353. The van der Waals surface area contributed by atoms with Crippen molar-refractivity contribution in [1.82, 2.24) is 10.2 Å². The number of benzene rings is 2. The Labute approximate surface area is 186 Å². The van der Waals surface area contributed by atoms with E-state index in [1.165, 1.54) is 27.8 Å². The minimum absolute atomic E-state index is 0.00747. The quantitative estimate of drug-likeness (QED) is 0.716. The highest BCUT2D eigenvalue weighted by atomic mass is 16.6. The summed E-state index contributed by atoms with van der Waals surface area (Å²) in [5, 5.41) is 3.26. The van der Waals surface area contributed by atoms with Crippen LogP contribution in [0, 0.1) is 18.3 Å². The first kappa shape index (κ1) is 20.6. The minimum atomic E-state index is -0.257. The zero-order valence-corrected chi connectivity index (χ0v) is 19.0. The summed E-state index contributed by atoms with van der Waals surface area (Å²) in [7, 11) is 0. The molecule has 2 bridgehead atoms. The van der Waals surface area contributed by atoms with Gasteiger partial charge in [-0.1, -0.05) is 61.9 Å². The molecular weight excluding hydrogens is 384 g/mol. The minimum Gasteiger partial charge on any atom is -0.445 e. The van der Waals surface area contributed by atoms with Gasteiger partial charge in [-0.2, -0.15) is 0 Å². The molecule has 1 aliphatic carbocycles. The fourth-order valence-electron chi connectivity index (χ4n) is 5.66. The number of carbonyl (C=O) groups is 1. The standard InChI is InChI=1S/C27H34N2O2/c1-18-4-6-19(7-5-18)21-8-9-23-22(16-21)10-13-27(2,3)25(23)28-26(30)31-24-17-29-14-11-20(24)12-15-29/h4-9,16,20,24-25H,10-15,17H2,1-3H3,(H,28,30)/t24-,25?/m0/s1. The molecule has 2 aromatic carbocycles. The molecule has 2 atom stereocenters. The Kier molecular flexibility index (Phi) is 5.29. The SMILES string of the molecule is Cc1ccc(-c2ccc3c(c2)CCC(C)(C)C3NC(=O)O[C@H]2CN3CCC2CC3)cc1. The second-order valence-corrected chi connectivity index (χ2v) is 10.4. The van der Waals surface area contributed by atoms with Crippen molar-refractivity contribution >= 4 is 6.09 Å². The molecule has 31 heavy (non-hydrogen) atoms. The molecule has 1 N–H and O–H groups in total. The van der Waals surface area contributed by atoms with Crippen molar-refractivity contribution in [2.75, 3.05) is 19.6 Å². The first-order valence-corrected chi connectivity index (χ1v) is 11.8. The van der Waals surface area contributed by atoms with Crippen LogP contribution in [0.5, 0.6) is 0 Å². The second kappa shape index (κ2) is 7.98. The molecule has 4 aliphatic rings. The number of aryl methyl sites for hydroxylation is 2. The zero-order valence-electron chi connectivity index (χ0n) is 19.0. The lowest BCUT2D eigenvalue weighted by atomic mass is 9.70. The van der Waals surface area contributed by atoms with Crippen LogP contribution in [0.15, 0.2) is 42.5 Å². The van der Waals surface area contributed by atoms with Gasteiger partial charge in [0.1, 0.15) is 6.10 Å². The maximum Gasteiger partial charge on any atom is 0.407 e. The van der Waals surface area contributed by atoms with Crippen molar-refractivity contribution in [1.29, 1.82) is 0 Å². The number of hydrogen-bond donors (Lipinski definition) is 1. The summed E-state index contributed by atoms with van der Waals surface area (Å²) in [5.74, 6) is 0.527. The fourth-order valence-corrected chi connectivity index (χ4v) is 5.66. The van der Waals surface area contributed by atoms with Gasteiger partial charge in [0, 0.05) is 6.54 Å². The molecule has 3 aliphatic heterocycles. The molecule has 2 aromatic rings. The fraction of sp³-hybridized carbons (Fsp3) is 0.519. The van der Waals surface area contributed by atoms with E-state index in [0.717, 1.165) is 45.3 Å². The van der Waals surface area contributed by atoms with Crippen LogP contribution in [0.1, 0.15) is 55.8 Å². The lowest BCUT2D eigenvalue weighted by Crippen LogP contribution is -2.53. The van der Waals surface area contributed by atoms with Crippen LogP contribution >= 0.6 is 0 Å². The first-order valence-electron chi connectivity index (χ1n) is 11.8. The first-order chi connectivity index (χ1) is 14.9. The summed E-state index contributed by atoms with van der Waals surface area (Å²) in [4.78, 5) is 15.3. The molecule has 0 aromatic heterocycles. The van der Waals surface area contributed by atoms with E-state index in [-0.39, 0.29) is 23.7 Å². The van der Waals surface area contributed by atoms with E-state index in [0.29, 0.717) is 5.92 Å². The number of nitrogens with zero attached hydrogens (tertiary/aromatic N) is 1. The number of nitrogens with one attached hydrogen (secondary N) is 1. The van der Waals surface area contributed by atoms with E-state index in [1.807, 2.05) is 0 Å². The van der Waals surface area contributed by atoms with Gasteiger partial charge in [-0.3, -0.25) is 4.90 Å². The van der Waals surface area contributed by atoms with Crippen molar-refractivity contribution in [3.63, 3.8) is 0 Å². The summed E-state index contributed by atoms with van der Waals surface area (Å²) in [6, 6.07) is 15.4. The van der Waals surface area contributed by atoms with Gasteiger partial charge in [0.15, 0.2) is 0 Å². The zero-order chi connectivity index (χ0) is 21.6. The van der Waals surface area contributed by atoms with Gasteiger partial charge in [-0.15, -0.1) is 0 Å². The van der Waals surface area contributed by atoms with Crippen LogP contribution in [-0.4, -0.2) is 36.7 Å². The predicted octanol–water partition coefficient (Wildman–Crippen LogP) is 5.50. The average molecular weight is 419 g/mol. The summed E-state index contributed by atoms with van der Waals surface area (Å²) in [6.07, 6.45) is 4.16. The highest BCUT2D eigenvalue weighted by Gasteiger charge is 2.40. The third kappa shape index (κ3) is 4.10. The van der Waals surface area contributed by atoms with Gasteiger partial charge in [0.25, 0.3) is 0 Å². The average Bonchev–Trinajstić information content (AvgIpc) is 2.77. The van der Waals surface area contributed by atoms with Crippen molar-refractivity contribution in [2.45, 2.75) is 58.6 Å². The third-order valence-electron chi connectivity index (χ3n) is 7.78. The molecule has 3 saturated heterocycles. The molecule has 4 heteroatoms. The van der Waals surface area contributed by atoms with Gasteiger partial charge in [-0.25, -0.2) is 4.79 Å². The van der Waals surface area contributed by atoms with Crippen molar-refractivity contribution in [2.24, 2.45) is 11.3 Å². The molecular formula is C27H34N2O2. The number of alkyl carbamates (subject to hydrolysis) is 1. The van der Waals surface area contributed by atoms with E-state index in [4.69, 9.17) is 4.74 Å². The van der Waals surface area contributed by atoms with E-state index in [9.17, 15) is 4.79 Å². The molecule has 1 amide bonds.